The van der Waals surface area contributed by atoms with Crippen molar-refractivity contribution in [2.75, 3.05) is 7.11 Å². The van der Waals surface area contributed by atoms with Crippen LogP contribution in [0.2, 0.25) is 0 Å². The molecule has 0 aliphatic carbocycles. The highest BCUT2D eigenvalue weighted by molar-refractivity contribution is 5.73. The van der Waals surface area contributed by atoms with Gasteiger partial charge in [0.2, 0.25) is 0 Å². The molecule has 2 aromatic rings. The number of benzene rings is 2. The van der Waals surface area contributed by atoms with E-state index in [1.807, 2.05) is 50.2 Å². The van der Waals surface area contributed by atoms with Crippen molar-refractivity contribution in [1.29, 1.82) is 0 Å². The van der Waals surface area contributed by atoms with Gasteiger partial charge in [0.05, 0.1) is 7.11 Å². The average molecular weight is 300 g/mol. The van der Waals surface area contributed by atoms with Gasteiger partial charge < -0.3 is 14.6 Å². The van der Waals surface area contributed by atoms with Crippen molar-refractivity contribution < 1.29 is 19.4 Å². The summed E-state index contributed by atoms with van der Waals surface area (Å²) in [6, 6.07) is 12.9. The van der Waals surface area contributed by atoms with Gasteiger partial charge in [-0.25, -0.2) is 4.79 Å². The van der Waals surface area contributed by atoms with E-state index in [9.17, 15) is 9.90 Å². The lowest BCUT2D eigenvalue weighted by atomic mass is 10.1. The Morgan fingerprint density at radius 3 is 2.50 bits per heavy atom. The summed E-state index contributed by atoms with van der Waals surface area (Å²) in [7, 11) is 1.58. The predicted octanol–water partition coefficient (Wildman–Crippen LogP) is 3.39. The molecule has 0 spiro atoms. The van der Waals surface area contributed by atoms with Crippen molar-refractivity contribution in [3.63, 3.8) is 0 Å². The van der Waals surface area contributed by atoms with Crippen molar-refractivity contribution in [3.05, 3.63) is 59.2 Å². The van der Waals surface area contributed by atoms with Gasteiger partial charge in [-0.2, -0.15) is 0 Å². The molecule has 0 aliphatic rings. The summed E-state index contributed by atoms with van der Waals surface area (Å²) < 4.78 is 10.8. The molecule has 0 amide bonds. The molecule has 0 aliphatic heterocycles. The van der Waals surface area contributed by atoms with E-state index in [2.05, 4.69) is 0 Å². The molecule has 0 heterocycles. The zero-order valence-electron chi connectivity index (χ0n) is 13.0. The van der Waals surface area contributed by atoms with Crippen molar-refractivity contribution in [2.24, 2.45) is 0 Å². The number of hydrogen-bond acceptors (Lipinski definition) is 3. The Bertz CT molecular complexity index is 664. The van der Waals surface area contributed by atoms with E-state index in [1.165, 1.54) is 0 Å². The van der Waals surface area contributed by atoms with Gasteiger partial charge in [0.1, 0.15) is 11.5 Å². The van der Waals surface area contributed by atoms with E-state index in [-0.39, 0.29) is 6.42 Å². The maximum absolute atomic E-state index is 11.5. The fourth-order valence-electron chi connectivity index (χ4n) is 2.14. The molecule has 4 heteroatoms. The first-order valence-electron chi connectivity index (χ1n) is 7.09. The third-order valence-electron chi connectivity index (χ3n) is 3.59. The van der Waals surface area contributed by atoms with E-state index >= 15 is 0 Å². The lowest BCUT2D eigenvalue weighted by molar-refractivity contribution is -0.145. The van der Waals surface area contributed by atoms with Gasteiger partial charge in [0.25, 0.3) is 0 Å². The second-order valence-electron chi connectivity index (χ2n) is 5.25. The van der Waals surface area contributed by atoms with Gasteiger partial charge in [0.15, 0.2) is 6.10 Å². The number of carboxylic acids is 1. The van der Waals surface area contributed by atoms with Crippen molar-refractivity contribution in [1.82, 2.24) is 0 Å². The van der Waals surface area contributed by atoms with Crippen LogP contribution in [0.25, 0.3) is 0 Å². The first-order valence-corrected chi connectivity index (χ1v) is 7.09. The molecular formula is C18H20O4. The van der Waals surface area contributed by atoms with Gasteiger partial charge in [0, 0.05) is 6.42 Å². The van der Waals surface area contributed by atoms with E-state index in [0.29, 0.717) is 11.5 Å². The van der Waals surface area contributed by atoms with Crippen LogP contribution in [0.3, 0.4) is 0 Å². The summed E-state index contributed by atoms with van der Waals surface area (Å²) in [5.41, 5.74) is 3.07. The maximum atomic E-state index is 11.5. The summed E-state index contributed by atoms with van der Waals surface area (Å²) >= 11 is 0. The second kappa shape index (κ2) is 6.98. The molecular weight excluding hydrogens is 280 g/mol. The van der Waals surface area contributed by atoms with Gasteiger partial charge >= 0.3 is 5.97 Å². The van der Waals surface area contributed by atoms with E-state index < -0.39 is 12.1 Å². The van der Waals surface area contributed by atoms with Crippen LogP contribution in [0.5, 0.6) is 11.5 Å². The first kappa shape index (κ1) is 15.9. The van der Waals surface area contributed by atoms with Crippen LogP contribution in [-0.4, -0.2) is 24.3 Å². The molecule has 4 nitrogen and oxygen atoms in total. The highest BCUT2D eigenvalue weighted by Gasteiger charge is 2.20. The Morgan fingerprint density at radius 1 is 1.09 bits per heavy atom. The zero-order chi connectivity index (χ0) is 16.1. The fraction of sp³-hybridized carbons (Fsp3) is 0.278. The molecule has 116 valence electrons. The lowest BCUT2D eigenvalue weighted by Crippen LogP contribution is -2.29. The molecule has 0 saturated carbocycles. The van der Waals surface area contributed by atoms with Crippen molar-refractivity contribution in [2.45, 2.75) is 26.4 Å². The normalized spacial score (nSPS) is 11.8. The van der Waals surface area contributed by atoms with Crippen LogP contribution in [0, 0.1) is 13.8 Å². The van der Waals surface area contributed by atoms with Gasteiger partial charge in [-0.05, 0) is 54.8 Å². The monoisotopic (exact) mass is 300 g/mol. The quantitative estimate of drug-likeness (QED) is 0.888. The largest absolute Gasteiger partial charge is 0.497 e. The third kappa shape index (κ3) is 4.01. The summed E-state index contributed by atoms with van der Waals surface area (Å²) in [5.74, 6) is 0.285. The zero-order valence-corrected chi connectivity index (χ0v) is 13.0. The topological polar surface area (TPSA) is 55.8 Å². The Morgan fingerprint density at radius 2 is 1.86 bits per heavy atom. The molecule has 2 rings (SSSR count). The number of methoxy groups -OCH3 is 1. The SMILES string of the molecule is COc1cccc(CC(Oc2ccc(C)c(C)c2)C(=O)O)c1. The molecule has 0 bridgehead atoms. The van der Waals surface area contributed by atoms with Crippen LogP contribution >= 0.6 is 0 Å². The lowest BCUT2D eigenvalue weighted by Gasteiger charge is -2.16. The molecule has 0 radical (unpaired) electrons. The number of aliphatic carboxylic acids is 1. The molecule has 22 heavy (non-hydrogen) atoms. The van der Waals surface area contributed by atoms with Crippen molar-refractivity contribution in [3.8, 4) is 11.5 Å². The number of hydrogen-bond donors (Lipinski definition) is 1. The second-order valence-corrected chi connectivity index (χ2v) is 5.25. The standard InChI is InChI=1S/C18H20O4/c1-12-7-8-16(9-13(12)2)22-17(18(19)20)11-14-5-4-6-15(10-14)21-3/h4-10,17H,11H2,1-3H3,(H,19,20). The fourth-order valence-corrected chi connectivity index (χ4v) is 2.14. The van der Waals surface area contributed by atoms with Gasteiger partial charge in [-0.15, -0.1) is 0 Å². The van der Waals surface area contributed by atoms with Crippen LogP contribution in [0.15, 0.2) is 42.5 Å². The highest BCUT2D eigenvalue weighted by atomic mass is 16.5. The summed E-state index contributed by atoms with van der Waals surface area (Å²) in [5, 5.41) is 9.39. The Hall–Kier alpha value is -2.49. The number of ether oxygens (including phenoxy) is 2. The van der Waals surface area contributed by atoms with Crippen LogP contribution < -0.4 is 9.47 Å². The molecule has 0 fully saturated rings. The summed E-state index contributed by atoms with van der Waals surface area (Å²) in [6.07, 6.45) is -0.659. The molecule has 2 aromatic carbocycles. The van der Waals surface area contributed by atoms with Crippen LogP contribution in [-0.2, 0) is 11.2 Å². The average Bonchev–Trinajstić information content (AvgIpc) is 2.50. The van der Waals surface area contributed by atoms with E-state index in [4.69, 9.17) is 9.47 Å². The minimum Gasteiger partial charge on any atom is -0.497 e. The highest BCUT2D eigenvalue weighted by Crippen LogP contribution is 2.20. The summed E-state index contributed by atoms with van der Waals surface area (Å²) in [4.78, 5) is 11.5. The first-order chi connectivity index (χ1) is 10.5. The number of carboxylic acid groups (broad SMARTS) is 1. The minimum atomic E-state index is -0.985. The third-order valence-corrected chi connectivity index (χ3v) is 3.59. The molecule has 1 N–H and O–H groups in total. The molecule has 1 atom stereocenters. The number of carbonyl (C=O) groups is 1. The summed E-state index contributed by atoms with van der Waals surface area (Å²) in [6.45, 7) is 3.98. The molecule has 0 saturated heterocycles. The van der Waals surface area contributed by atoms with Crippen LogP contribution in [0.1, 0.15) is 16.7 Å². The van der Waals surface area contributed by atoms with E-state index in [0.717, 1.165) is 16.7 Å². The number of aryl methyl sites for hydroxylation is 2. The van der Waals surface area contributed by atoms with Crippen molar-refractivity contribution >= 4 is 5.97 Å². The number of rotatable bonds is 6. The Labute approximate surface area is 130 Å². The molecule has 1 unspecified atom stereocenters. The van der Waals surface area contributed by atoms with E-state index in [1.54, 1.807) is 13.2 Å². The Balaban J connectivity index is 2.15. The maximum Gasteiger partial charge on any atom is 0.345 e. The predicted molar refractivity (Wildman–Crippen MR) is 84.7 cm³/mol. The molecule has 0 aromatic heterocycles. The van der Waals surface area contributed by atoms with Crippen LogP contribution in [0.4, 0.5) is 0 Å². The minimum absolute atomic E-state index is 0.277. The smallest absolute Gasteiger partial charge is 0.345 e. The van der Waals surface area contributed by atoms with Gasteiger partial charge in [-0.3, -0.25) is 0 Å². The van der Waals surface area contributed by atoms with Gasteiger partial charge in [-0.1, -0.05) is 18.2 Å². The Kier molecular flexibility index (Phi) is 5.04.